The van der Waals surface area contributed by atoms with E-state index in [1.165, 1.54) is 6.26 Å². The van der Waals surface area contributed by atoms with Gasteiger partial charge < -0.3 is 9.64 Å². The molecule has 0 bridgehead atoms. The van der Waals surface area contributed by atoms with Gasteiger partial charge in [0.05, 0.1) is 12.4 Å². The van der Waals surface area contributed by atoms with Crippen molar-refractivity contribution in [1.82, 2.24) is 9.80 Å². The van der Waals surface area contributed by atoms with Crippen molar-refractivity contribution >= 4 is 15.9 Å². The number of nitrogens with zero attached hydrogens (tertiary/aromatic N) is 2. The first-order valence-electron chi connectivity index (χ1n) is 6.59. The van der Waals surface area contributed by atoms with Gasteiger partial charge >= 0.3 is 6.09 Å². The molecule has 0 N–H and O–H groups in total. The standard InChI is InChI=1S/C12H24N2O4S/c1-11(2)10-18-12(15)14-6-4-13(5-7-14)8-9-19(3,16)17/h11H,4-10H2,1-3H3. The van der Waals surface area contributed by atoms with Crippen LogP contribution in [0.2, 0.25) is 0 Å². The Labute approximate surface area is 115 Å². The molecular formula is C12H24N2O4S. The summed E-state index contributed by atoms with van der Waals surface area (Å²) in [6.45, 7) is 7.56. The largest absolute Gasteiger partial charge is 0.449 e. The summed E-state index contributed by atoms with van der Waals surface area (Å²) in [5.74, 6) is 0.505. The van der Waals surface area contributed by atoms with Crippen LogP contribution in [0.3, 0.4) is 0 Å². The predicted molar refractivity (Wildman–Crippen MR) is 73.9 cm³/mol. The highest BCUT2D eigenvalue weighted by atomic mass is 32.2. The fourth-order valence-corrected chi connectivity index (χ4v) is 2.37. The van der Waals surface area contributed by atoms with Crippen LogP contribution in [-0.4, -0.2) is 75.7 Å². The quantitative estimate of drug-likeness (QED) is 0.735. The van der Waals surface area contributed by atoms with E-state index in [2.05, 4.69) is 4.90 Å². The van der Waals surface area contributed by atoms with Crippen molar-refractivity contribution in [3.05, 3.63) is 0 Å². The smallest absolute Gasteiger partial charge is 0.409 e. The van der Waals surface area contributed by atoms with Gasteiger partial charge in [-0.2, -0.15) is 0 Å². The summed E-state index contributed by atoms with van der Waals surface area (Å²) in [4.78, 5) is 15.5. The molecule has 1 saturated heterocycles. The van der Waals surface area contributed by atoms with Gasteiger partial charge in [-0.3, -0.25) is 4.90 Å². The molecular weight excluding hydrogens is 268 g/mol. The molecule has 1 aliphatic heterocycles. The summed E-state index contributed by atoms with van der Waals surface area (Å²) in [5.41, 5.74) is 0. The van der Waals surface area contributed by atoms with Crippen molar-refractivity contribution in [3.8, 4) is 0 Å². The molecule has 0 aromatic rings. The minimum absolute atomic E-state index is 0.171. The van der Waals surface area contributed by atoms with Crippen LogP contribution in [0.15, 0.2) is 0 Å². The third-order valence-corrected chi connectivity index (χ3v) is 3.87. The summed E-state index contributed by atoms with van der Waals surface area (Å²) in [7, 11) is -2.92. The monoisotopic (exact) mass is 292 g/mol. The second-order valence-electron chi connectivity index (χ2n) is 5.43. The van der Waals surface area contributed by atoms with Crippen molar-refractivity contribution in [2.45, 2.75) is 13.8 Å². The summed E-state index contributed by atoms with van der Waals surface area (Å²) in [6.07, 6.45) is 0.975. The van der Waals surface area contributed by atoms with Gasteiger partial charge in [0.15, 0.2) is 0 Å². The highest BCUT2D eigenvalue weighted by Crippen LogP contribution is 2.05. The molecule has 6 nitrogen and oxygen atoms in total. The fraction of sp³-hybridized carbons (Fsp3) is 0.917. The molecule has 112 valence electrons. The SMILES string of the molecule is CC(C)COC(=O)N1CCN(CCS(C)(=O)=O)CC1. The highest BCUT2D eigenvalue weighted by Gasteiger charge is 2.22. The Morgan fingerprint density at radius 3 is 2.26 bits per heavy atom. The van der Waals surface area contributed by atoms with Crippen LogP contribution in [0.1, 0.15) is 13.8 Å². The lowest BCUT2D eigenvalue weighted by atomic mass is 10.2. The zero-order valence-corrected chi connectivity index (χ0v) is 12.8. The van der Waals surface area contributed by atoms with Crippen molar-refractivity contribution in [1.29, 1.82) is 0 Å². The summed E-state index contributed by atoms with van der Waals surface area (Å²) in [5, 5.41) is 0. The molecule has 1 rings (SSSR count). The van der Waals surface area contributed by atoms with Crippen LogP contribution in [-0.2, 0) is 14.6 Å². The maximum Gasteiger partial charge on any atom is 0.409 e. The molecule has 0 spiro atoms. The zero-order valence-electron chi connectivity index (χ0n) is 12.0. The van der Waals surface area contributed by atoms with Crippen molar-refractivity contribution < 1.29 is 17.9 Å². The molecule has 0 aromatic carbocycles. The third-order valence-electron chi connectivity index (χ3n) is 2.95. The van der Waals surface area contributed by atoms with Crippen molar-refractivity contribution in [3.63, 3.8) is 0 Å². The number of piperazine rings is 1. The third kappa shape index (κ3) is 6.77. The minimum Gasteiger partial charge on any atom is -0.449 e. The molecule has 1 aliphatic rings. The van der Waals surface area contributed by atoms with Crippen molar-refractivity contribution in [2.75, 3.05) is 51.3 Å². The molecule has 0 atom stereocenters. The van der Waals surface area contributed by atoms with E-state index < -0.39 is 9.84 Å². The fourth-order valence-electron chi connectivity index (χ4n) is 1.78. The first-order chi connectivity index (χ1) is 8.78. The van der Waals surface area contributed by atoms with Gasteiger partial charge in [0.25, 0.3) is 0 Å². The van der Waals surface area contributed by atoms with Gasteiger partial charge in [-0.1, -0.05) is 13.8 Å². The lowest BCUT2D eigenvalue weighted by Gasteiger charge is -2.34. The maximum absolute atomic E-state index is 11.7. The Morgan fingerprint density at radius 1 is 1.21 bits per heavy atom. The summed E-state index contributed by atoms with van der Waals surface area (Å²) >= 11 is 0. The van der Waals surface area contributed by atoms with Crippen LogP contribution in [0.4, 0.5) is 4.79 Å². The summed E-state index contributed by atoms with van der Waals surface area (Å²) < 4.78 is 27.3. The molecule has 19 heavy (non-hydrogen) atoms. The molecule has 1 heterocycles. The molecule has 0 saturated carbocycles. The van der Waals surface area contributed by atoms with Crippen molar-refractivity contribution in [2.24, 2.45) is 5.92 Å². The van der Waals surface area contributed by atoms with Gasteiger partial charge in [0, 0.05) is 39.0 Å². The second kappa shape index (κ2) is 7.09. The zero-order chi connectivity index (χ0) is 14.5. The lowest BCUT2D eigenvalue weighted by molar-refractivity contribution is 0.0703. The second-order valence-corrected chi connectivity index (χ2v) is 7.69. The van der Waals surface area contributed by atoms with E-state index >= 15 is 0 Å². The summed E-state index contributed by atoms with van der Waals surface area (Å²) in [6, 6.07) is 0. The van der Waals surface area contributed by atoms with Gasteiger partial charge in [-0.15, -0.1) is 0 Å². The van der Waals surface area contributed by atoms with Crippen LogP contribution >= 0.6 is 0 Å². The van der Waals surface area contributed by atoms with Gasteiger partial charge in [0.2, 0.25) is 0 Å². The Bertz CT molecular complexity index is 387. The normalized spacial score (nSPS) is 17.8. The van der Waals surface area contributed by atoms with Gasteiger partial charge in [-0.25, -0.2) is 13.2 Å². The van der Waals surface area contributed by atoms with Crippen LogP contribution in [0, 0.1) is 5.92 Å². The molecule has 0 aliphatic carbocycles. The molecule has 0 unspecified atom stereocenters. The molecule has 1 fully saturated rings. The van der Waals surface area contributed by atoms with E-state index in [-0.39, 0.29) is 11.8 Å². The Morgan fingerprint density at radius 2 is 1.79 bits per heavy atom. The number of sulfone groups is 1. The first-order valence-corrected chi connectivity index (χ1v) is 8.66. The van der Waals surface area contributed by atoms with E-state index in [4.69, 9.17) is 4.74 Å². The number of hydrogen-bond donors (Lipinski definition) is 0. The van der Waals surface area contributed by atoms with E-state index in [1.54, 1.807) is 4.90 Å². The minimum atomic E-state index is -2.92. The number of rotatable bonds is 5. The average molecular weight is 292 g/mol. The molecule has 7 heteroatoms. The molecule has 1 amide bonds. The predicted octanol–water partition coefficient (Wildman–Crippen LogP) is 0.441. The Kier molecular flexibility index (Phi) is 6.06. The average Bonchev–Trinajstić information content (AvgIpc) is 2.33. The number of hydrogen-bond acceptors (Lipinski definition) is 5. The van der Waals surface area contributed by atoms with E-state index in [9.17, 15) is 13.2 Å². The van der Waals surface area contributed by atoms with Crippen LogP contribution < -0.4 is 0 Å². The van der Waals surface area contributed by atoms with Gasteiger partial charge in [0.1, 0.15) is 9.84 Å². The topological polar surface area (TPSA) is 66.9 Å². The Balaban J connectivity index is 2.26. The van der Waals surface area contributed by atoms with E-state index in [0.717, 1.165) is 0 Å². The number of ether oxygens (including phenoxy) is 1. The first kappa shape index (κ1) is 16.2. The number of carbonyl (C=O) groups excluding carboxylic acids is 1. The molecule has 0 aromatic heterocycles. The lowest BCUT2D eigenvalue weighted by Crippen LogP contribution is -2.49. The van der Waals surface area contributed by atoms with E-state index in [1.807, 2.05) is 13.8 Å². The van der Waals surface area contributed by atoms with Gasteiger partial charge in [-0.05, 0) is 5.92 Å². The molecule has 0 radical (unpaired) electrons. The number of carbonyl (C=O) groups is 1. The highest BCUT2D eigenvalue weighted by molar-refractivity contribution is 7.90. The number of amides is 1. The van der Waals surface area contributed by atoms with Crippen LogP contribution in [0.25, 0.3) is 0 Å². The Hall–Kier alpha value is -0.820. The van der Waals surface area contributed by atoms with E-state index in [0.29, 0.717) is 45.2 Å². The maximum atomic E-state index is 11.7. The van der Waals surface area contributed by atoms with Crippen LogP contribution in [0.5, 0.6) is 0 Å².